The maximum atomic E-state index is 3.92. The molecule has 0 aliphatic carbocycles. The molecule has 3 heteroatoms. The monoisotopic (exact) mass is 152 g/mol. The lowest BCUT2D eigenvalue weighted by atomic mass is 10.4. The highest BCUT2D eigenvalue weighted by atomic mass is 32.2. The van der Waals surface area contributed by atoms with Crippen LogP contribution in [0.4, 0.5) is 5.69 Å². The van der Waals surface area contributed by atoms with Crippen LogP contribution in [-0.2, 0) is 0 Å². The zero-order valence-electron chi connectivity index (χ0n) is 5.74. The van der Waals surface area contributed by atoms with E-state index in [2.05, 4.69) is 16.7 Å². The minimum absolute atomic E-state index is 0.856. The van der Waals surface area contributed by atoms with Crippen molar-refractivity contribution in [3.8, 4) is 0 Å². The van der Waals surface area contributed by atoms with E-state index in [0.29, 0.717) is 0 Å². The van der Waals surface area contributed by atoms with Crippen LogP contribution in [0.2, 0.25) is 0 Å². The first-order valence-electron chi connectivity index (χ1n) is 2.83. The van der Waals surface area contributed by atoms with Crippen molar-refractivity contribution in [1.29, 1.82) is 0 Å². The fraction of sp³-hybridized carbons (Fsp3) is 0.143. The normalized spacial score (nSPS) is 9.30. The van der Waals surface area contributed by atoms with Crippen molar-refractivity contribution in [3.05, 3.63) is 18.5 Å². The standard InChI is InChI=1S/C7H8N2S/c1-8-6-5-9-4-3-7(6)10-2/h3-5H,1H2,2H3. The molecule has 0 aliphatic heterocycles. The smallest absolute Gasteiger partial charge is 0.0941 e. The Labute approximate surface area is 64.4 Å². The maximum Gasteiger partial charge on any atom is 0.0941 e. The van der Waals surface area contributed by atoms with Crippen molar-refractivity contribution in [2.24, 2.45) is 4.99 Å². The average Bonchev–Trinajstić information content (AvgIpc) is 2.04. The first kappa shape index (κ1) is 7.28. The van der Waals surface area contributed by atoms with Crippen LogP contribution in [0.25, 0.3) is 0 Å². The third-order valence-electron chi connectivity index (χ3n) is 1.15. The molecule has 0 spiro atoms. The maximum absolute atomic E-state index is 3.92. The number of hydrogen-bond donors (Lipinski definition) is 0. The first-order valence-corrected chi connectivity index (χ1v) is 4.05. The van der Waals surface area contributed by atoms with Gasteiger partial charge in [0, 0.05) is 11.1 Å². The Kier molecular flexibility index (Phi) is 2.45. The minimum atomic E-state index is 0.856. The van der Waals surface area contributed by atoms with Crippen molar-refractivity contribution in [2.45, 2.75) is 4.90 Å². The summed E-state index contributed by atoms with van der Waals surface area (Å²) in [6.45, 7) is 3.44. The Morgan fingerprint density at radius 3 is 3.00 bits per heavy atom. The molecule has 0 bridgehead atoms. The van der Waals surface area contributed by atoms with Gasteiger partial charge in [-0.2, -0.15) is 0 Å². The van der Waals surface area contributed by atoms with Crippen LogP contribution in [-0.4, -0.2) is 18.0 Å². The predicted octanol–water partition coefficient (Wildman–Crippen LogP) is 2.14. The SMILES string of the molecule is C=Nc1cnccc1SC. The van der Waals surface area contributed by atoms with Gasteiger partial charge in [0.1, 0.15) is 0 Å². The van der Waals surface area contributed by atoms with Crippen LogP contribution in [0, 0.1) is 0 Å². The molecule has 0 radical (unpaired) electrons. The Hall–Kier alpha value is -0.830. The van der Waals surface area contributed by atoms with E-state index in [1.807, 2.05) is 12.3 Å². The van der Waals surface area contributed by atoms with Crippen LogP contribution in [0.5, 0.6) is 0 Å². The van der Waals surface area contributed by atoms with E-state index in [4.69, 9.17) is 0 Å². The summed E-state index contributed by atoms with van der Waals surface area (Å²) in [6, 6.07) is 1.93. The average molecular weight is 152 g/mol. The van der Waals surface area contributed by atoms with Gasteiger partial charge in [0.15, 0.2) is 0 Å². The molecule has 52 valence electrons. The molecule has 1 aromatic rings. The Bertz CT molecular complexity index is 235. The molecule has 0 fully saturated rings. The molecule has 0 amide bonds. The number of rotatable bonds is 2. The van der Waals surface area contributed by atoms with Gasteiger partial charge in [0.25, 0.3) is 0 Å². The van der Waals surface area contributed by atoms with Crippen molar-refractivity contribution >= 4 is 24.2 Å². The zero-order chi connectivity index (χ0) is 7.40. The van der Waals surface area contributed by atoms with Gasteiger partial charge in [-0.3, -0.25) is 9.98 Å². The Morgan fingerprint density at radius 2 is 2.50 bits per heavy atom. The van der Waals surface area contributed by atoms with Gasteiger partial charge in [-0.1, -0.05) is 0 Å². The molecule has 1 heterocycles. The Balaban J connectivity index is 3.08. The molecule has 1 rings (SSSR count). The summed E-state index contributed by atoms with van der Waals surface area (Å²) < 4.78 is 0. The van der Waals surface area contributed by atoms with Gasteiger partial charge in [0.2, 0.25) is 0 Å². The number of aromatic nitrogens is 1. The molecule has 0 unspecified atom stereocenters. The lowest BCUT2D eigenvalue weighted by Gasteiger charge is -1.97. The summed E-state index contributed by atoms with van der Waals surface area (Å²) in [4.78, 5) is 8.84. The van der Waals surface area contributed by atoms with Gasteiger partial charge < -0.3 is 0 Å². The second-order valence-corrected chi connectivity index (χ2v) is 2.55. The zero-order valence-corrected chi connectivity index (χ0v) is 6.56. The van der Waals surface area contributed by atoms with E-state index in [9.17, 15) is 0 Å². The van der Waals surface area contributed by atoms with Crippen LogP contribution < -0.4 is 0 Å². The largest absolute Gasteiger partial charge is 0.262 e. The molecule has 0 N–H and O–H groups in total. The summed E-state index contributed by atoms with van der Waals surface area (Å²) in [5.41, 5.74) is 0.856. The van der Waals surface area contributed by atoms with Crippen LogP contribution in [0.1, 0.15) is 0 Å². The van der Waals surface area contributed by atoms with Crippen molar-refractivity contribution < 1.29 is 0 Å². The molecule has 2 nitrogen and oxygen atoms in total. The number of aliphatic imine (C=N–C) groups is 1. The van der Waals surface area contributed by atoms with Crippen LogP contribution in [0.15, 0.2) is 28.3 Å². The van der Waals surface area contributed by atoms with Crippen LogP contribution >= 0.6 is 11.8 Å². The molecule has 0 saturated carbocycles. The third-order valence-corrected chi connectivity index (χ3v) is 1.94. The summed E-state index contributed by atoms with van der Waals surface area (Å²) in [5, 5.41) is 0. The van der Waals surface area contributed by atoms with E-state index in [1.54, 1.807) is 24.2 Å². The number of nitrogens with zero attached hydrogens (tertiary/aromatic N) is 2. The second-order valence-electron chi connectivity index (χ2n) is 1.71. The number of pyridine rings is 1. The molecule has 1 aromatic heterocycles. The molecule has 0 aliphatic rings. The lowest BCUT2D eigenvalue weighted by molar-refractivity contribution is 1.24. The summed E-state index contributed by atoms with van der Waals surface area (Å²) in [7, 11) is 0. The predicted molar refractivity (Wildman–Crippen MR) is 45.2 cm³/mol. The highest BCUT2D eigenvalue weighted by Gasteiger charge is 1.95. The van der Waals surface area contributed by atoms with Gasteiger partial charge in [-0.05, 0) is 19.0 Å². The lowest BCUT2D eigenvalue weighted by Crippen LogP contribution is -1.73. The van der Waals surface area contributed by atoms with Gasteiger partial charge in [-0.15, -0.1) is 11.8 Å². The van der Waals surface area contributed by atoms with E-state index in [-0.39, 0.29) is 0 Å². The van der Waals surface area contributed by atoms with Crippen molar-refractivity contribution in [2.75, 3.05) is 6.26 Å². The summed E-state index contributed by atoms with van der Waals surface area (Å²) in [5.74, 6) is 0. The first-order chi connectivity index (χ1) is 4.88. The van der Waals surface area contributed by atoms with Crippen LogP contribution in [0.3, 0.4) is 0 Å². The molecule has 0 saturated heterocycles. The van der Waals surface area contributed by atoms with Crippen molar-refractivity contribution in [1.82, 2.24) is 4.98 Å². The van der Waals surface area contributed by atoms with Gasteiger partial charge >= 0.3 is 0 Å². The van der Waals surface area contributed by atoms with E-state index < -0.39 is 0 Å². The summed E-state index contributed by atoms with van der Waals surface area (Å²) >= 11 is 1.65. The quantitative estimate of drug-likeness (QED) is 0.479. The molecule has 10 heavy (non-hydrogen) atoms. The van der Waals surface area contributed by atoms with Crippen molar-refractivity contribution in [3.63, 3.8) is 0 Å². The molecule has 0 aromatic carbocycles. The van der Waals surface area contributed by atoms with E-state index in [1.165, 1.54) is 0 Å². The molecule has 0 atom stereocenters. The van der Waals surface area contributed by atoms with Gasteiger partial charge in [-0.25, -0.2) is 0 Å². The topological polar surface area (TPSA) is 25.2 Å². The highest BCUT2D eigenvalue weighted by Crippen LogP contribution is 2.25. The number of thioether (sulfide) groups is 1. The Morgan fingerprint density at radius 1 is 1.70 bits per heavy atom. The molecular weight excluding hydrogens is 144 g/mol. The number of hydrogen-bond acceptors (Lipinski definition) is 3. The highest BCUT2D eigenvalue weighted by molar-refractivity contribution is 7.98. The fourth-order valence-corrected chi connectivity index (χ4v) is 1.19. The minimum Gasteiger partial charge on any atom is -0.262 e. The third kappa shape index (κ3) is 1.36. The van der Waals surface area contributed by atoms with E-state index >= 15 is 0 Å². The second kappa shape index (κ2) is 3.37. The summed E-state index contributed by atoms with van der Waals surface area (Å²) in [6.07, 6.45) is 5.46. The van der Waals surface area contributed by atoms with E-state index in [0.717, 1.165) is 10.6 Å². The van der Waals surface area contributed by atoms with Gasteiger partial charge in [0.05, 0.1) is 11.9 Å². The fourth-order valence-electron chi connectivity index (χ4n) is 0.665. The molecular formula is C7H8N2S.